The predicted octanol–water partition coefficient (Wildman–Crippen LogP) is 6.38. The summed E-state index contributed by atoms with van der Waals surface area (Å²) in [6.45, 7) is 5.85. The molecule has 0 bridgehead atoms. The van der Waals surface area contributed by atoms with E-state index >= 15 is 0 Å². The predicted molar refractivity (Wildman–Crippen MR) is 128 cm³/mol. The highest BCUT2D eigenvalue weighted by molar-refractivity contribution is 6.08. The Morgan fingerprint density at radius 2 is 1.50 bits per heavy atom. The zero-order valence-corrected chi connectivity index (χ0v) is 21.1. The minimum Gasteiger partial charge on any atom is -0.381 e. The molecule has 2 aromatic carbocycles. The van der Waals surface area contributed by atoms with Crippen LogP contribution in [-0.2, 0) is 26.7 Å². The van der Waals surface area contributed by atoms with Gasteiger partial charge in [-0.15, -0.1) is 0 Å². The number of alkyl halides is 6. The average Bonchev–Trinajstić information content (AvgIpc) is 3.10. The van der Waals surface area contributed by atoms with Crippen LogP contribution in [0.5, 0.6) is 0 Å². The Kier molecular flexibility index (Phi) is 7.28. The van der Waals surface area contributed by atoms with Gasteiger partial charge >= 0.3 is 12.4 Å². The Bertz CT molecular complexity index is 1180. The number of carbonyl (C=O) groups is 2. The van der Waals surface area contributed by atoms with E-state index in [9.17, 15) is 35.9 Å². The van der Waals surface area contributed by atoms with Gasteiger partial charge in [0, 0.05) is 31.1 Å². The quantitative estimate of drug-likeness (QED) is 0.457. The van der Waals surface area contributed by atoms with Gasteiger partial charge in [0.1, 0.15) is 0 Å². The van der Waals surface area contributed by atoms with Crippen molar-refractivity contribution in [2.75, 3.05) is 30.0 Å². The maximum absolute atomic E-state index is 14.0. The summed E-state index contributed by atoms with van der Waals surface area (Å²) in [5.74, 6) is -2.37. The first kappa shape index (κ1) is 27.9. The standard InChI is InChI=1S/C27H28F6N2O3/c1-15-5-4-6-16(2)22(15)35-14-25(17(3)23(35)36,18-7-9-38-10-8-18)24(37)34-21-12-19(26(28,29)30)11-20(13-21)27(31,32)33/h4-6,11-13,17-18H,7-10,14H2,1-3H3,(H,34,37). The molecular formula is C27H28F6N2O3. The van der Waals surface area contributed by atoms with Crippen LogP contribution in [0.2, 0.25) is 0 Å². The third-order valence-corrected chi connectivity index (χ3v) is 7.76. The van der Waals surface area contributed by atoms with Crippen LogP contribution < -0.4 is 10.2 Å². The number of benzene rings is 2. The summed E-state index contributed by atoms with van der Waals surface area (Å²) in [7, 11) is 0. The van der Waals surface area contributed by atoms with Gasteiger partial charge in [-0.25, -0.2) is 0 Å². The van der Waals surface area contributed by atoms with Gasteiger partial charge in [0.15, 0.2) is 0 Å². The molecule has 1 N–H and O–H groups in total. The van der Waals surface area contributed by atoms with E-state index in [2.05, 4.69) is 5.32 Å². The van der Waals surface area contributed by atoms with Crippen molar-refractivity contribution < 1.29 is 40.7 Å². The molecule has 5 nitrogen and oxygen atoms in total. The number of halogens is 6. The van der Waals surface area contributed by atoms with Crippen molar-refractivity contribution in [3.8, 4) is 0 Å². The van der Waals surface area contributed by atoms with Gasteiger partial charge in [0.05, 0.1) is 22.5 Å². The molecule has 0 aliphatic carbocycles. The summed E-state index contributed by atoms with van der Waals surface area (Å²) in [4.78, 5) is 29.1. The number of nitrogens with one attached hydrogen (secondary N) is 1. The summed E-state index contributed by atoms with van der Waals surface area (Å²) in [5, 5.41) is 2.34. The molecule has 0 aromatic heterocycles. The van der Waals surface area contributed by atoms with Crippen LogP contribution >= 0.6 is 0 Å². The summed E-state index contributed by atoms with van der Waals surface area (Å²) in [5.41, 5.74) is -2.84. The van der Waals surface area contributed by atoms with E-state index in [0.717, 1.165) is 11.1 Å². The van der Waals surface area contributed by atoms with Gasteiger partial charge in [-0.1, -0.05) is 25.1 Å². The highest BCUT2D eigenvalue weighted by Gasteiger charge is 2.59. The smallest absolute Gasteiger partial charge is 0.381 e. The van der Waals surface area contributed by atoms with Gasteiger partial charge < -0.3 is 15.0 Å². The number of hydrogen-bond donors (Lipinski definition) is 1. The number of rotatable bonds is 4. The Morgan fingerprint density at radius 1 is 0.974 bits per heavy atom. The molecular weight excluding hydrogens is 514 g/mol. The zero-order valence-electron chi connectivity index (χ0n) is 21.1. The van der Waals surface area contributed by atoms with Gasteiger partial charge in [-0.2, -0.15) is 26.3 Å². The third kappa shape index (κ3) is 5.00. The second-order valence-electron chi connectivity index (χ2n) is 10.1. The van der Waals surface area contributed by atoms with Gasteiger partial charge in [-0.05, 0) is 61.9 Å². The fourth-order valence-corrected chi connectivity index (χ4v) is 5.77. The molecule has 2 aromatic rings. The van der Waals surface area contributed by atoms with E-state index in [0.29, 0.717) is 43.9 Å². The van der Waals surface area contributed by atoms with Crippen molar-refractivity contribution in [3.05, 3.63) is 58.7 Å². The number of ether oxygens (including phenoxy) is 1. The first-order chi connectivity index (χ1) is 17.7. The third-order valence-electron chi connectivity index (χ3n) is 7.76. The summed E-state index contributed by atoms with van der Waals surface area (Å²) >= 11 is 0. The fourth-order valence-electron chi connectivity index (χ4n) is 5.77. The number of hydrogen-bond acceptors (Lipinski definition) is 3. The van der Waals surface area contributed by atoms with Gasteiger partial charge in [0.2, 0.25) is 11.8 Å². The number of aryl methyl sites for hydroxylation is 2. The molecule has 0 radical (unpaired) electrons. The molecule has 0 saturated carbocycles. The van der Waals surface area contributed by atoms with E-state index in [1.165, 1.54) is 4.90 Å². The molecule has 2 unspecified atom stereocenters. The lowest BCUT2D eigenvalue weighted by Crippen LogP contribution is -2.50. The van der Waals surface area contributed by atoms with Gasteiger partial charge in [0.25, 0.3) is 0 Å². The van der Waals surface area contributed by atoms with Crippen LogP contribution in [0.25, 0.3) is 0 Å². The number of nitrogens with zero attached hydrogens (tertiary/aromatic N) is 1. The number of amides is 2. The molecule has 4 rings (SSSR count). The molecule has 2 aliphatic heterocycles. The molecule has 2 amide bonds. The first-order valence-corrected chi connectivity index (χ1v) is 12.2. The van der Waals surface area contributed by atoms with Crippen molar-refractivity contribution in [1.29, 1.82) is 0 Å². The lowest BCUT2D eigenvalue weighted by Gasteiger charge is -2.40. The number of anilines is 2. The highest BCUT2D eigenvalue weighted by atomic mass is 19.4. The topological polar surface area (TPSA) is 58.6 Å². The SMILES string of the molecule is Cc1cccc(C)c1N1CC(C(=O)Nc2cc(C(F)(F)F)cc(C(F)(F)F)c2)(C2CCOCC2)C(C)C1=O. The molecule has 2 heterocycles. The van der Waals surface area contributed by atoms with Crippen LogP contribution in [0.1, 0.15) is 42.0 Å². The average molecular weight is 543 g/mol. The number of para-hydroxylation sites is 1. The second kappa shape index (κ2) is 9.91. The minimum absolute atomic E-state index is 0.00824. The van der Waals surface area contributed by atoms with Crippen LogP contribution in [-0.4, -0.2) is 31.6 Å². The summed E-state index contributed by atoms with van der Waals surface area (Å²) in [6.07, 6.45) is -9.28. The van der Waals surface area contributed by atoms with E-state index in [1.54, 1.807) is 6.92 Å². The van der Waals surface area contributed by atoms with E-state index in [-0.39, 0.29) is 24.4 Å². The summed E-state index contributed by atoms with van der Waals surface area (Å²) < 4.78 is 86.0. The molecule has 38 heavy (non-hydrogen) atoms. The zero-order chi connectivity index (χ0) is 28.0. The van der Waals surface area contributed by atoms with E-state index in [4.69, 9.17) is 4.74 Å². The lowest BCUT2D eigenvalue weighted by atomic mass is 9.65. The molecule has 2 fully saturated rings. The molecule has 11 heteroatoms. The maximum atomic E-state index is 14.0. The Hall–Kier alpha value is -3.08. The van der Waals surface area contributed by atoms with Crippen molar-refractivity contribution in [3.63, 3.8) is 0 Å². The summed E-state index contributed by atoms with van der Waals surface area (Å²) in [6, 6.07) is 6.47. The largest absolute Gasteiger partial charge is 0.416 e. The van der Waals surface area contributed by atoms with Crippen LogP contribution in [0.4, 0.5) is 37.7 Å². The Labute approximate surface area is 216 Å². The monoisotopic (exact) mass is 542 g/mol. The first-order valence-electron chi connectivity index (χ1n) is 12.2. The van der Waals surface area contributed by atoms with Gasteiger partial charge in [-0.3, -0.25) is 9.59 Å². The maximum Gasteiger partial charge on any atom is 0.416 e. The lowest BCUT2D eigenvalue weighted by molar-refractivity contribution is -0.143. The number of carbonyl (C=O) groups excluding carboxylic acids is 2. The normalized spacial score (nSPS) is 23.1. The second-order valence-corrected chi connectivity index (χ2v) is 10.1. The van der Waals surface area contributed by atoms with Crippen LogP contribution in [0.3, 0.4) is 0 Å². The van der Waals surface area contributed by atoms with Crippen LogP contribution in [0.15, 0.2) is 36.4 Å². The Balaban J connectivity index is 1.79. The van der Waals surface area contributed by atoms with Crippen molar-refractivity contribution in [1.82, 2.24) is 0 Å². The molecule has 0 spiro atoms. The minimum atomic E-state index is -5.06. The molecule has 2 saturated heterocycles. The van der Waals surface area contributed by atoms with E-state index < -0.39 is 46.4 Å². The Morgan fingerprint density at radius 3 is 2.00 bits per heavy atom. The van der Waals surface area contributed by atoms with Crippen molar-refractivity contribution >= 4 is 23.2 Å². The highest BCUT2D eigenvalue weighted by Crippen LogP contribution is 2.50. The molecule has 2 aliphatic rings. The van der Waals surface area contributed by atoms with Crippen LogP contribution in [0, 0.1) is 31.1 Å². The molecule has 206 valence electrons. The van der Waals surface area contributed by atoms with E-state index in [1.807, 2.05) is 32.0 Å². The fraction of sp³-hybridized carbons (Fsp3) is 0.481. The van der Waals surface area contributed by atoms with Crippen molar-refractivity contribution in [2.24, 2.45) is 17.3 Å². The van der Waals surface area contributed by atoms with Crippen molar-refractivity contribution in [2.45, 2.75) is 46.0 Å². The molecule has 2 atom stereocenters.